The topological polar surface area (TPSA) is 59.4 Å². The quantitative estimate of drug-likeness (QED) is 0.926. The van der Waals surface area contributed by atoms with E-state index in [1.165, 1.54) is 5.69 Å². The minimum Gasteiger partial charge on any atom is -0.444 e. The largest absolute Gasteiger partial charge is 0.444 e. The van der Waals surface area contributed by atoms with Crippen molar-refractivity contribution >= 4 is 6.09 Å². The monoisotopic (exact) mass is 322 g/mol. The lowest BCUT2D eigenvalue weighted by atomic mass is 10.1. The number of rotatable bonds is 4. The molecule has 0 unspecified atom stereocenters. The molecule has 0 saturated carbocycles. The molecular weight excluding hydrogens is 292 g/mol. The molecule has 0 atom stereocenters. The molecule has 0 aromatic carbocycles. The first-order valence-corrected chi connectivity index (χ1v) is 8.48. The Bertz CT molecular complexity index is 511. The number of piperidine rings is 1. The number of hydrogen-bond acceptors (Lipinski definition) is 4. The van der Waals surface area contributed by atoms with Gasteiger partial charge >= 0.3 is 6.09 Å². The van der Waals surface area contributed by atoms with E-state index in [1.807, 2.05) is 38.2 Å². The van der Waals surface area contributed by atoms with Crippen LogP contribution in [0.1, 0.15) is 59.2 Å². The van der Waals surface area contributed by atoms with E-state index in [0.29, 0.717) is 12.1 Å². The molecule has 0 bridgehead atoms. The van der Waals surface area contributed by atoms with Crippen LogP contribution in [0.3, 0.4) is 0 Å². The first-order chi connectivity index (χ1) is 10.8. The summed E-state index contributed by atoms with van der Waals surface area (Å²) in [6.45, 7) is 12.3. The average Bonchev–Trinajstić information content (AvgIpc) is 2.92. The van der Waals surface area contributed by atoms with Crippen molar-refractivity contribution in [2.45, 2.75) is 71.7 Å². The van der Waals surface area contributed by atoms with Gasteiger partial charge in [0.05, 0.1) is 12.0 Å². The van der Waals surface area contributed by atoms with Crippen LogP contribution in [-0.4, -0.2) is 45.3 Å². The van der Waals surface area contributed by atoms with E-state index in [0.717, 1.165) is 32.5 Å². The molecule has 1 saturated heterocycles. The Labute approximate surface area is 139 Å². The number of imidazole rings is 1. The minimum absolute atomic E-state index is 0.200. The van der Waals surface area contributed by atoms with Crippen LogP contribution in [0.15, 0.2) is 12.5 Å². The van der Waals surface area contributed by atoms with Gasteiger partial charge in [-0.25, -0.2) is 9.78 Å². The first kappa shape index (κ1) is 17.8. The fourth-order valence-electron chi connectivity index (χ4n) is 2.78. The van der Waals surface area contributed by atoms with Gasteiger partial charge < -0.3 is 19.5 Å². The fourth-order valence-corrected chi connectivity index (χ4v) is 2.78. The van der Waals surface area contributed by atoms with Crippen LogP contribution in [0.5, 0.6) is 0 Å². The maximum Gasteiger partial charge on any atom is 0.410 e. The summed E-state index contributed by atoms with van der Waals surface area (Å²) in [6, 6.07) is 0.854. The summed E-state index contributed by atoms with van der Waals surface area (Å²) in [5.74, 6) is 0. The maximum atomic E-state index is 12.1. The zero-order chi connectivity index (χ0) is 17.0. The van der Waals surface area contributed by atoms with Gasteiger partial charge in [0, 0.05) is 37.9 Å². The fraction of sp³-hybridized carbons (Fsp3) is 0.765. The number of nitrogens with zero attached hydrogens (tertiary/aromatic N) is 3. The molecule has 1 aliphatic heterocycles. The lowest BCUT2D eigenvalue weighted by Crippen LogP contribution is -2.46. The molecule has 6 heteroatoms. The predicted molar refractivity (Wildman–Crippen MR) is 90.3 cm³/mol. The molecular formula is C17H30N4O2. The number of likely N-dealkylation sites (tertiary alicyclic amines) is 1. The zero-order valence-electron chi connectivity index (χ0n) is 15.0. The van der Waals surface area contributed by atoms with Gasteiger partial charge in [-0.05, 0) is 47.5 Å². The van der Waals surface area contributed by atoms with Crippen molar-refractivity contribution in [3.8, 4) is 0 Å². The summed E-state index contributed by atoms with van der Waals surface area (Å²) < 4.78 is 7.61. The maximum absolute atomic E-state index is 12.1. The number of ether oxygens (including phenoxy) is 1. The molecule has 0 aliphatic carbocycles. The highest BCUT2D eigenvalue weighted by Crippen LogP contribution is 2.16. The highest BCUT2D eigenvalue weighted by atomic mass is 16.6. The van der Waals surface area contributed by atoms with E-state index >= 15 is 0 Å². The third-order valence-electron chi connectivity index (χ3n) is 4.02. The van der Waals surface area contributed by atoms with Crippen molar-refractivity contribution in [3.63, 3.8) is 0 Å². The average molecular weight is 322 g/mol. The summed E-state index contributed by atoms with van der Waals surface area (Å²) >= 11 is 0. The zero-order valence-corrected chi connectivity index (χ0v) is 15.0. The lowest BCUT2D eigenvalue weighted by molar-refractivity contribution is 0.0198. The van der Waals surface area contributed by atoms with Crippen LogP contribution in [0, 0.1) is 0 Å². The highest BCUT2D eigenvalue weighted by molar-refractivity contribution is 5.68. The molecule has 1 aliphatic rings. The Kier molecular flexibility index (Phi) is 5.68. The van der Waals surface area contributed by atoms with Gasteiger partial charge in [-0.1, -0.05) is 0 Å². The van der Waals surface area contributed by atoms with Crippen molar-refractivity contribution in [1.82, 2.24) is 19.8 Å². The number of nitrogens with one attached hydrogen (secondary N) is 1. The van der Waals surface area contributed by atoms with E-state index in [4.69, 9.17) is 4.74 Å². The van der Waals surface area contributed by atoms with Crippen LogP contribution in [-0.2, 0) is 11.3 Å². The minimum atomic E-state index is -0.429. The van der Waals surface area contributed by atoms with Crippen LogP contribution >= 0.6 is 0 Å². The standard InChI is InChI=1S/C17H30N4O2/c1-13(2)21-12-18-10-15(21)11-19-14-6-8-20(9-7-14)16(22)23-17(3,4)5/h10,12-14,19H,6-9,11H2,1-5H3. The molecule has 0 radical (unpaired) electrons. The SMILES string of the molecule is CC(C)n1cncc1CNC1CCN(C(=O)OC(C)(C)C)CC1. The Morgan fingerprint density at radius 2 is 2.04 bits per heavy atom. The van der Waals surface area contributed by atoms with E-state index in [2.05, 4.69) is 28.7 Å². The molecule has 130 valence electrons. The highest BCUT2D eigenvalue weighted by Gasteiger charge is 2.26. The summed E-state index contributed by atoms with van der Waals surface area (Å²) in [6.07, 6.45) is 5.51. The molecule has 2 heterocycles. The molecule has 1 fully saturated rings. The third kappa shape index (κ3) is 5.23. The molecule has 23 heavy (non-hydrogen) atoms. The number of hydrogen-bond donors (Lipinski definition) is 1. The second-order valence-corrected chi connectivity index (χ2v) is 7.51. The number of carbonyl (C=O) groups excluding carboxylic acids is 1. The van der Waals surface area contributed by atoms with Crippen molar-refractivity contribution < 1.29 is 9.53 Å². The normalized spacial score (nSPS) is 16.9. The summed E-state index contributed by atoms with van der Waals surface area (Å²) in [7, 11) is 0. The number of amides is 1. The van der Waals surface area contributed by atoms with Gasteiger partial charge in [-0.2, -0.15) is 0 Å². The molecule has 1 N–H and O–H groups in total. The summed E-state index contributed by atoms with van der Waals surface area (Å²) in [5, 5.41) is 3.59. The van der Waals surface area contributed by atoms with E-state index < -0.39 is 5.60 Å². The van der Waals surface area contributed by atoms with Crippen LogP contribution in [0.2, 0.25) is 0 Å². The van der Waals surface area contributed by atoms with Gasteiger partial charge in [0.25, 0.3) is 0 Å². The molecule has 1 amide bonds. The lowest BCUT2D eigenvalue weighted by Gasteiger charge is -2.33. The van der Waals surface area contributed by atoms with Gasteiger partial charge in [0.1, 0.15) is 5.60 Å². The third-order valence-corrected chi connectivity index (χ3v) is 4.02. The van der Waals surface area contributed by atoms with Gasteiger partial charge in [-0.15, -0.1) is 0 Å². The van der Waals surface area contributed by atoms with E-state index in [1.54, 1.807) is 0 Å². The van der Waals surface area contributed by atoms with Crippen molar-refractivity contribution in [2.75, 3.05) is 13.1 Å². The van der Waals surface area contributed by atoms with Gasteiger partial charge in [0.15, 0.2) is 0 Å². The Morgan fingerprint density at radius 3 is 2.61 bits per heavy atom. The van der Waals surface area contributed by atoms with Crippen LogP contribution in [0.4, 0.5) is 4.79 Å². The number of carbonyl (C=O) groups is 1. The van der Waals surface area contributed by atoms with Crippen molar-refractivity contribution in [1.29, 1.82) is 0 Å². The predicted octanol–water partition coefficient (Wildman–Crippen LogP) is 2.95. The van der Waals surface area contributed by atoms with Gasteiger partial charge in [0.2, 0.25) is 0 Å². The molecule has 1 aromatic rings. The molecule has 2 rings (SSSR count). The van der Waals surface area contributed by atoms with E-state index in [9.17, 15) is 4.79 Å². The smallest absolute Gasteiger partial charge is 0.410 e. The summed E-state index contributed by atoms with van der Waals surface area (Å²) in [5.41, 5.74) is 0.774. The molecule has 6 nitrogen and oxygen atoms in total. The van der Waals surface area contributed by atoms with Crippen LogP contribution in [0.25, 0.3) is 0 Å². The Morgan fingerprint density at radius 1 is 1.39 bits per heavy atom. The van der Waals surface area contributed by atoms with Crippen molar-refractivity contribution in [2.24, 2.45) is 0 Å². The molecule has 1 aromatic heterocycles. The van der Waals surface area contributed by atoms with Crippen LogP contribution < -0.4 is 5.32 Å². The first-order valence-electron chi connectivity index (χ1n) is 8.48. The van der Waals surface area contributed by atoms with Gasteiger partial charge in [-0.3, -0.25) is 0 Å². The number of aromatic nitrogens is 2. The van der Waals surface area contributed by atoms with Crippen molar-refractivity contribution in [3.05, 3.63) is 18.2 Å². The summed E-state index contributed by atoms with van der Waals surface area (Å²) in [4.78, 5) is 18.1. The van der Waals surface area contributed by atoms with E-state index in [-0.39, 0.29) is 6.09 Å². The molecule has 0 spiro atoms. The second-order valence-electron chi connectivity index (χ2n) is 7.51. The Hall–Kier alpha value is -1.56. The second kappa shape index (κ2) is 7.34. The Balaban J connectivity index is 1.77.